The Hall–Kier alpha value is -2.94. The van der Waals surface area contributed by atoms with Crippen LogP contribution in [0.1, 0.15) is 33.3 Å². The number of aryl methyl sites for hydroxylation is 1. The van der Waals surface area contributed by atoms with Gasteiger partial charge in [-0.2, -0.15) is 9.57 Å². The minimum absolute atomic E-state index is 0.0687. The van der Waals surface area contributed by atoms with Gasteiger partial charge in [-0.1, -0.05) is 0 Å². The second-order valence-corrected chi connectivity index (χ2v) is 10.3. The van der Waals surface area contributed by atoms with Crippen LogP contribution in [-0.2, 0) is 14.8 Å². The van der Waals surface area contributed by atoms with Gasteiger partial charge in [0.05, 0.1) is 17.1 Å². The van der Waals surface area contributed by atoms with Crippen molar-refractivity contribution in [3.8, 4) is 6.07 Å². The summed E-state index contributed by atoms with van der Waals surface area (Å²) >= 11 is 1.33. The second-order valence-electron chi connectivity index (χ2n) is 7.17. The Morgan fingerprint density at radius 3 is 2.34 bits per heavy atom. The van der Waals surface area contributed by atoms with E-state index >= 15 is 0 Å². The van der Waals surface area contributed by atoms with Gasteiger partial charge in [0.25, 0.3) is 5.91 Å². The number of nitrogens with one attached hydrogen (secondary N) is 1. The smallest absolute Gasteiger partial charge is 0.409 e. The molecule has 1 aromatic carbocycles. The van der Waals surface area contributed by atoms with Crippen LogP contribution in [0.2, 0.25) is 0 Å². The molecule has 1 fully saturated rings. The molecule has 2 aromatic rings. The van der Waals surface area contributed by atoms with E-state index in [1.54, 1.807) is 6.92 Å². The largest absolute Gasteiger partial charge is 0.450 e. The number of rotatable bonds is 5. The number of nitrogens with zero attached hydrogens (tertiary/aromatic N) is 3. The van der Waals surface area contributed by atoms with E-state index in [2.05, 4.69) is 11.4 Å². The number of piperazine rings is 1. The number of hydrogen-bond donors (Lipinski definition) is 1. The van der Waals surface area contributed by atoms with Crippen molar-refractivity contribution >= 4 is 38.4 Å². The lowest BCUT2D eigenvalue weighted by atomic mass is 10.2. The standard InChI is InChI=1S/C21H24N4O5S2/c1-4-30-21(27)24-9-11-25(12-10-24)32(28,29)17-7-5-16(6-8-17)19(26)23-20-18(13-22)14(2)15(3)31-20/h5-8H,4,9-12H2,1-3H3,(H,23,26). The van der Waals surface area contributed by atoms with Gasteiger partial charge < -0.3 is 15.0 Å². The number of thiophene rings is 1. The van der Waals surface area contributed by atoms with Crippen molar-refractivity contribution in [1.82, 2.24) is 9.21 Å². The summed E-state index contributed by atoms with van der Waals surface area (Å²) in [6, 6.07) is 7.76. The molecule has 2 heterocycles. The predicted molar refractivity (Wildman–Crippen MR) is 120 cm³/mol. The van der Waals surface area contributed by atoms with E-state index in [0.29, 0.717) is 10.6 Å². The zero-order chi connectivity index (χ0) is 23.5. The summed E-state index contributed by atoms with van der Waals surface area (Å²) in [4.78, 5) is 26.9. The number of carbonyl (C=O) groups excluding carboxylic acids is 2. The van der Waals surface area contributed by atoms with E-state index in [-0.39, 0.29) is 43.2 Å². The number of benzene rings is 1. The van der Waals surface area contributed by atoms with Crippen molar-refractivity contribution in [3.63, 3.8) is 0 Å². The summed E-state index contributed by atoms with van der Waals surface area (Å²) in [6.45, 7) is 6.51. The third-order valence-corrected chi connectivity index (χ3v) is 8.28. The van der Waals surface area contributed by atoms with Crippen molar-refractivity contribution < 1.29 is 22.7 Å². The lowest BCUT2D eigenvalue weighted by Crippen LogP contribution is -2.50. The molecular weight excluding hydrogens is 452 g/mol. The van der Waals surface area contributed by atoms with Crippen LogP contribution in [0.4, 0.5) is 9.80 Å². The molecule has 32 heavy (non-hydrogen) atoms. The van der Waals surface area contributed by atoms with Gasteiger partial charge in [-0.3, -0.25) is 4.79 Å². The third-order valence-electron chi connectivity index (χ3n) is 5.24. The summed E-state index contributed by atoms with van der Waals surface area (Å²) in [5.41, 5.74) is 1.54. The molecule has 1 saturated heterocycles. The van der Waals surface area contributed by atoms with Crippen molar-refractivity contribution in [2.45, 2.75) is 25.7 Å². The molecule has 0 aliphatic carbocycles. The summed E-state index contributed by atoms with van der Waals surface area (Å²) in [6.07, 6.45) is -0.449. The van der Waals surface area contributed by atoms with Crippen LogP contribution < -0.4 is 5.32 Å². The van der Waals surface area contributed by atoms with Crippen LogP contribution in [0, 0.1) is 25.2 Å². The number of sulfonamides is 1. The van der Waals surface area contributed by atoms with Crippen LogP contribution in [-0.4, -0.2) is 62.4 Å². The number of anilines is 1. The fourth-order valence-electron chi connectivity index (χ4n) is 3.28. The molecule has 9 nitrogen and oxygen atoms in total. The maximum absolute atomic E-state index is 12.9. The molecule has 1 aromatic heterocycles. The third kappa shape index (κ3) is 4.77. The SMILES string of the molecule is CCOC(=O)N1CCN(S(=O)(=O)c2ccc(C(=O)Nc3sc(C)c(C)c3C#N)cc2)CC1. The monoisotopic (exact) mass is 476 g/mol. The molecule has 2 amide bonds. The average molecular weight is 477 g/mol. The topological polar surface area (TPSA) is 120 Å². The molecule has 0 unspecified atom stereocenters. The maximum atomic E-state index is 12.9. The Kier molecular flexibility index (Phi) is 7.18. The molecule has 0 saturated carbocycles. The molecular formula is C21H24N4O5S2. The average Bonchev–Trinajstić information content (AvgIpc) is 3.06. The van der Waals surface area contributed by atoms with Gasteiger partial charge in [0.2, 0.25) is 10.0 Å². The molecule has 0 radical (unpaired) electrons. The highest BCUT2D eigenvalue weighted by Gasteiger charge is 2.30. The first-order valence-electron chi connectivity index (χ1n) is 10.0. The summed E-state index contributed by atoms with van der Waals surface area (Å²) in [5, 5.41) is 12.5. The quantitative estimate of drug-likeness (QED) is 0.708. The normalized spacial score (nSPS) is 14.6. The Morgan fingerprint density at radius 1 is 1.16 bits per heavy atom. The summed E-state index contributed by atoms with van der Waals surface area (Å²) < 4.78 is 32.1. The van der Waals surface area contributed by atoms with Gasteiger partial charge in [0, 0.05) is 36.6 Å². The van der Waals surface area contributed by atoms with Crippen molar-refractivity contribution in [3.05, 3.63) is 45.8 Å². The fraction of sp³-hybridized carbons (Fsp3) is 0.381. The molecule has 0 spiro atoms. The molecule has 1 aliphatic heterocycles. The van der Waals surface area contributed by atoms with Gasteiger partial charge in [-0.15, -0.1) is 11.3 Å². The number of ether oxygens (including phenoxy) is 1. The molecule has 0 atom stereocenters. The van der Waals surface area contributed by atoms with Crippen molar-refractivity contribution in [2.24, 2.45) is 0 Å². The highest BCUT2D eigenvalue weighted by atomic mass is 32.2. The van der Waals surface area contributed by atoms with Crippen LogP contribution in [0.25, 0.3) is 0 Å². The fourth-order valence-corrected chi connectivity index (χ4v) is 5.71. The zero-order valence-corrected chi connectivity index (χ0v) is 19.7. The lowest BCUT2D eigenvalue weighted by Gasteiger charge is -2.33. The maximum Gasteiger partial charge on any atom is 0.409 e. The Morgan fingerprint density at radius 2 is 1.78 bits per heavy atom. The minimum atomic E-state index is -3.76. The highest BCUT2D eigenvalue weighted by molar-refractivity contribution is 7.89. The Balaban J connectivity index is 1.69. The van der Waals surface area contributed by atoms with E-state index in [9.17, 15) is 23.3 Å². The first-order valence-corrected chi connectivity index (χ1v) is 12.3. The van der Waals surface area contributed by atoms with Crippen molar-refractivity contribution in [1.29, 1.82) is 5.26 Å². The van der Waals surface area contributed by atoms with Crippen LogP contribution >= 0.6 is 11.3 Å². The summed E-state index contributed by atoms with van der Waals surface area (Å²) in [7, 11) is -3.76. The highest BCUT2D eigenvalue weighted by Crippen LogP contribution is 2.32. The van der Waals surface area contributed by atoms with E-state index < -0.39 is 22.0 Å². The number of carbonyl (C=O) groups is 2. The van der Waals surface area contributed by atoms with Gasteiger partial charge in [-0.05, 0) is 50.6 Å². The van der Waals surface area contributed by atoms with E-state index in [4.69, 9.17) is 4.74 Å². The van der Waals surface area contributed by atoms with E-state index in [1.165, 1.54) is 44.8 Å². The van der Waals surface area contributed by atoms with Crippen molar-refractivity contribution in [2.75, 3.05) is 38.1 Å². The van der Waals surface area contributed by atoms with Gasteiger partial charge in [0.15, 0.2) is 0 Å². The Bertz CT molecular complexity index is 1160. The molecule has 3 rings (SSSR count). The molecule has 170 valence electrons. The zero-order valence-electron chi connectivity index (χ0n) is 18.0. The molecule has 11 heteroatoms. The van der Waals surface area contributed by atoms with E-state index in [1.807, 2.05) is 13.8 Å². The number of amides is 2. The second kappa shape index (κ2) is 9.68. The molecule has 0 bridgehead atoms. The lowest BCUT2D eigenvalue weighted by molar-refractivity contribution is 0.0933. The first-order chi connectivity index (χ1) is 15.2. The minimum Gasteiger partial charge on any atom is -0.450 e. The van der Waals surface area contributed by atoms with Gasteiger partial charge >= 0.3 is 6.09 Å². The summed E-state index contributed by atoms with van der Waals surface area (Å²) in [5.74, 6) is -0.422. The first kappa shape index (κ1) is 23.7. The molecule has 1 aliphatic rings. The number of nitriles is 1. The van der Waals surface area contributed by atoms with Crippen LogP contribution in [0.15, 0.2) is 29.2 Å². The van der Waals surface area contributed by atoms with Crippen LogP contribution in [0.5, 0.6) is 0 Å². The van der Waals surface area contributed by atoms with Gasteiger partial charge in [-0.25, -0.2) is 13.2 Å². The van der Waals surface area contributed by atoms with Crippen LogP contribution in [0.3, 0.4) is 0 Å². The predicted octanol–water partition coefficient (Wildman–Crippen LogP) is 2.95. The number of hydrogen-bond acceptors (Lipinski definition) is 7. The molecule has 1 N–H and O–H groups in total. The Labute approximate surface area is 191 Å². The van der Waals surface area contributed by atoms with Gasteiger partial charge in [0.1, 0.15) is 11.1 Å². The van der Waals surface area contributed by atoms with E-state index in [0.717, 1.165) is 10.4 Å².